The molecule has 4 aromatic heterocycles. The van der Waals surface area contributed by atoms with Gasteiger partial charge in [-0.2, -0.15) is 36.3 Å². The van der Waals surface area contributed by atoms with E-state index in [-0.39, 0.29) is 48.2 Å². The van der Waals surface area contributed by atoms with Crippen molar-refractivity contribution in [1.82, 2.24) is 34.3 Å². The minimum Gasteiger partial charge on any atom is -0.369 e. The second kappa shape index (κ2) is 15.0. The molecule has 0 spiro atoms. The van der Waals surface area contributed by atoms with Gasteiger partial charge in [-0.25, -0.2) is 0 Å². The van der Waals surface area contributed by atoms with Crippen molar-refractivity contribution >= 4 is 11.8 Å². The van der Waals surface area contributed by atoms with Crippen molar-refractivity contribution in [2.24, 2.45) is 5.73 Å². The van der Waals surface area contributed by atoms with Crippen LogP contribution in [-0.2, 0) is 41.5 Å². The number of pyridine rings is 2. The number of nitrogens with two attached hydrogens (primary N) is 1. The molecule has 276 valence electrons. The van der Waals surface area contributed by atoms with Crippen LogP contribution >= 0.6 is 0 Å². The van der Waals surface area contributed by atoms with Crippen molar-refractivity contribution in [3.63, 3.8) is 0 Å². The summed E-state index contributed by atoms with van der Waals surface area (Å²) < 4.78 is 85.8. The van der Waals surface area contributed by atoms with Crippen molar-refractivity contribution in [2.45, 2.75) is 58.2 Å². The first-order valence-electron chi connectivity index (χ1n) is 15.0. The van der Waals surface area contributed by atoms with E-state index in [2.05, 4.69) is 29.3 Å². The van der Waals surface area contributed by atoms with E-state index in [0.29, 0.717) is 0 Å². The molecule has 0 radical (unpaired) electrons. The van der Waals surface area contributed by atoms with Crippen LogP contribution in [0.4, 0.5) is 26.3 Å². The molecule has 0 unspecified atom stereocenters. The molecule has 0 aliphatic carbocycles. The number of aromatic nitrogens is 6. The molecule has 0 atom stereocenters. The minimum absolute atomic E-state index is 0.0668. The Kier molecular flexibility index (Phi) is 11.2. The third-order valence-corrected chi connectivity index (χ3v) is 7.29. The van der Waals surface area contributed by atoms with Crippen molar-refractivity contribution < 1.29 is 45.0 Å². The molecule has 1 aromatic carbocycles. The number of likely N-dealkylation sites (N-methyl/N-ethyl adjacent to an activating group) is 1. The Morgan fingerprint density at radius 2 is 1.19 bits per heavy atom. The van der Waals surface area contributed by atoms with E-state index in [4.69, 9.17) is 5.73 Å². The van der Waals surface area contributed by atoms with Gasteiger partial charge in [0.25, 0.3) is 11.1 Å². The topological polar surface area (TPSA) is 185 Å². The van der Waals surface area contributed by atoms with E-state index in [1.807, 2.05) is 20.8 Å². The standard InChI is InChI=1S/C17H13F3N4O3.C15H17F3N4O3/c18-17(19,20)16-22-15(23-27-16)12-5-6-24(14(26)8-12)9-11-3-1-10(2-4-11)7-13(21)25;1-14(2,3)21(4)11(24)8-22-6-5-9(7-10(22)23)12-19-13(25-20-12)15(16,17)18/h1-6,8H,7,9H2,(H2,21,25);5-7H,8H2,1-4H3. The molecule has 2 amide bonds. The number of halogens is 6. The molecule has 5 aromatic rings. The van der Waals surface area contributed by atoms with E-state index >= 15 is 0 Å². The quantitative estimate of drug-likeness (QED) is 0.227. The molecular weight excluding hydrogens is 706 g/mol. The van der Waals surface area contributed by atoms with Crippen molar-refractivity contribution in [3.8, 4) is 22.8 Å². The number of hydrogen-bond acceptors (Lipinski definition) is 10. The predicted molar refractivity (Wildman–Crippen MR) is 169 cm³/mol. The average molecular weight is 737 g/mol. The lowest BCUT2D eigenvalue weighted by Crippen LogP contribution is -2.45. The van der Waals surface area contributed by atoms with Gasteiger partial charge in [0.2, 0.25) is 23.5 Å². The third kappa shape index (κ3) is 10.0. The Morgan fingerprint density at radius 1 is 0.750 bits per heavy atom. The molecule has 0 saturated carbocycles. The van der Waals surface area contributed by atoms with Crippen LogP contribution in [0.25, 0.3) is 22.8 Å². The number of alkyl halides is 6. The normalized spacial score (nSPS) is 11.9. The monoisotopic (exact) mass is 736 g/mol. The van der Waals surface area contributed by atoms with Crippen molar-refractivity contribution in [3.05, 3.63) is 105 Å². The van der Waals surface area contributed by atoms with Gasteiger partial charge in [0, 0.05) is 48.2 Å². The number of amides is 2. The molecule has 52 heavy (non-hydrogen) atoms. The number of benzene rings is 1. The van der Waals surface area contributed by atoms with Crippen molar-refractivity contribution in [1.29, 1.82) is 0 Å². The van der Waals surface area contributed by atoms with Crippen LogP contribution in [0.1, 0.15) is 43.7 Å². The summed E-state index contributed by atoms with van der Waals surface area (Å²) in [6.07, 6.45) is -6.65. The van der Waals surface area contributed by atoms with E-state index in [1.54, 1.807) is 31.3 Å². The first-order valence-corrected chi connectivity index (χ1v) is 15.0. The average Bonchev–Trinajstić information content (AvgIpc) is 3.75. The van der Waals surface area contributed by atoms with Gasteiger partial charge in [0.15, 0.2) is 0 Å². The van der Waals surface area contributed by atoms with Gasteiger partial charge in [-0.15, -0.1) is 0 Å². The van der Waals surface area contributed by atoms with Gasteiger partial charge in [0.05, 0.1) is 13.0 Å². The minimum atomic E-state index is -4.76. The van der Waals surface area contributed by atoms with Crippen LogP contribution in [0, 0.1) is 0 Å². The Bertz CT molecular complexity index is 2160. The fourth-order valence-electron chi connectivity index (χ4n) is 4.25. The SMILES string of the molecule is CN(C(=O)Cn1ccc(-c2noc(C(F)(F)F)n2)cc1=O)C(C)(C)C.NC(=O)Cc1ccc(Cn2ccc(-c3noc(C(F)(F)F)n3)cc2=O)cc1. The zero-order valence-electron chi connectivity index (χ0n) is 27.8. The zero-order valence-corrected chi connectivity index (χ0v) is 27.8. The number of hydrogen-bond donors (Lipinski definition) is 1. The maximum Gasteiger partial charge on any atom is 0.471 e. The predicted octanol–water partition coefficient (Wildman–Crippen LogP) is 4.17. The molecular formula is C32H30F6N8O6. The van der Waals surface area contributed by atoms with Gasteiger partial charge in [-0.3, -0.25) is 19.2 Å². The molecule has 0 bridgehead atoms. The highest BCUT2D eigenvalue weighted by Crippen LogP contribution is 2.30. The van der Waals surface area contributed by atoms with Crippen LogP contribution < -0.4 is 16.9 Å². The van der Waals surface area contributed by atoms with Crippen molar-refractivity contribution in [2.75, 3.05) is 7.05 Å². The second-order valence-corrected chi connectivity index (χ2v) is 12.2. The van der Waals surface area contributed by atoms with Gasteiger partial charge in [-0.1, -0.05) is 34.6 Å². The van der Waals surface area contributed by atoms with E-state index in [0.717, 1.165) is 27.8 Å². The maximum atomic E-state index is 12.5. The third-order valence-electron chi connectivity index (χ3n) is 7.29. The summed E-state index contributed by atoms with van der Waals surface area (Å²) in [6, 6.07) is 11.9. The first kappa shape index (κ1) is 38.7. The molecule has 0 fully saturated rings. The molecule has 4 heterocycles. The number of carbonyl (C=O) groups is 2. The summed E-state index contributed by atoms with van der Waals surface area (Å²) in [7, 11) is 1.62. The highest BCUT2D eigenvalue weighted by atomic mass is 19.4. The van der Waals surface area contributed by atoms with Crippen LogP contribution in [-0.4, -0.2) is 58.7 Å². The van der Waals surface area contributed by atoms with Crippen LogP contribution in [0.5, 0.6) is 0 Å². The van der Waals surface area contributed by atoms with Crippen LogP contribution in [0.3, 0.4) is 0 Å². The summed E-state index contributed by atoms with van der Waals surface area (Å²) in [5.74, 6) is -4.35. The first-order chi connectivity index (χ1) is 24.1. The molecule has 20 heteroatoms. The second-order valence-electron chi connectivity index (χ2n) is 12.2. The van der Waals surface area contributed by atoms with E-state index in [1.165, 1.54) is 34.0 Å². The molecule has 14 nitrogen and oxygen atoms in total. The zero-order chi connectivity index (χ0) is 38.6. The molecule has 5 rings (SSSR count). The smallest absolute Gasteiger partial charge is 0.369 e. The van der Waals surface area contributed by atoms with Crippen LogP contribution in [0.2, 0.25) is 0 Å². The lowest BCUT2D eigenvalue weighted by atomic mass is 10.1. The van der Waals surface area contributed by atoms with Crippen LogP contribution in [0.15, 0.2) is 79.6 Å². The van der Waals surface area contributed by atoms with E-state index in [9.17, 15) is 45.5 Å². The lowest BCUT2D eigenvalue weighted by Gasteiger charge is -2.32. The summed E-state index contributed by atoms with van der Waals surface area (Å²) in [5.41, 5.74) is 5.47. The lowest BCUT2D eigenvalue weighted by molar-refractivity contribution is -0.160. The highest BCUT2D eigenvalue weighted by Gasteiger charge is 2.39. The number of rotatable bonds is 8. The summed E-state index contributed by atoms with van der Waals surface area (Å²) >= 11 is 0. The van der Waals surface area contributed by atoms with Gasteiger partial charge in [0.1, 0.15) is 6.54 Å². The molecule has 0 aliphatic rings. The molecule has 2 N–H and O–H groups in total. The molecule has 0 aliphatic heterocycles. The van der Waals surface area contributed by atoms with Gasteiger partial charge >= 0.3 is 24.1 Å². The Hall–Kier alpha value is -6.08. The number of primary amides is 1. The van der Waals surface area contributed by atoms with Gasteiger partial charge in [-0.05, 0) is 44.0 Å². The summed E-state index contributed by atoms with van der Waals surface area (Å²) in [4.78, 5) is 55.4. The Morgan fingerprint density at radius 3 is 1.58 bits per heavy atom. The summed E-state index contributed by atoms with van der Waals surface area (Å²) in [5, 5.41) is 6.46. The highest BCUT2D eigenvalue weighted by molar-refractivity contribution is 5.77. The Balaban J connectivity index is 0.000000234. The number of carbonyl (C=O) groups excluding carboxylic acids is 2. The maximum absolute atomic E-state index is 12.5. The summed E-state index contributed by atoms with van der Waals surface area (Å²) in [6.45, 7) is 5.62. The number of nitrogens with zero attached hydrogens (tertiary/aromatic N) is 7. The fraction of sp³-hybridized carbons (Fsp3) is 0.312. The fourth-order valence-corrected chi connectivity index (χ4v) is 4.25. The molecule has 0 saturated heterocycles. The Labute approximate surface area is 289 Å². The van der Waals surface area contributed by atoms with Gasteiger partial charge < -0.3 is 28.8 Å². The largest absolute Gasteiger partial charge is 0.471 e. The van der Waals surface area contributed by atoms with E-state index < -0.39 is 46.7 Å².